The summed E-state index contributed by atoms with van der Waals surface area (Å²) in [5.41, 5.74) is 3.32. The summed E-state index contributed by atoms with van der Waals surface area (Å²) in [5, 5.41) is 5.44. The first-order valence-corrected chi connectivity index (χ1v) is 8.17. The van der Waals surface area contributed by atoms with Crippen molar-refractivity contribution in [3.8, 4) is 0 Å². The summed E-state index contributed by atoms with van der Waals surface area (Å²) in [5.74, 6) is -0.245. The highest BCUT2D eigenvalue weighted by molar-refractivity contribution is 5.97. The predicted octanol–water partition coefficient (Wildman–Crippen LogP) is 2.23. The van der Waals surface area contributed by atoms with Gasteiger partial charge >= 0.3 is 5.69 Å². The molecule has 134 valence electrons. The monoisotopic (exact) mass is 353 g/mol. The van der Waals surface area contributed by atoms with Crippen LogP contribution in [0, 0.1) is 13.8 Å². The number of rotatable bonds is 5. The van der Waals surface area contributed by atoms with E-state index in [0.29, 0.717) is 17.0 Å². The number of aryl methyl sites for hydroxylation is 2. The van der Waals surface area contributed by atoms with Crippen molar-refractivity contribution in [2.75, 3.05) is 10.6 Å². The molecule has 4 N–H and O–H groups in total. The van der Waals surface area contributed by atoms with Crippen LogP contribution >= 0.6 is 0 Å². The smallest absolute Gasteiger partial charge is 0.325 e. The summed E-state index contributed by atoms with van der Waals surface area (Å²) < 4.78 is 0. The van der Waals surface area contributed by atoms with Crippen molar-refractivity contribution >= 4 is 34.5 Å². The Morgan fingerprint density at radius 1 is 1.00 bits per heavy atom. The number of imidazole rings is 1. The van der Waals surface area contributed by atoms with Crippen LogP contribution < -0.4 is 16.3 Å². The number of aromatic nitrogens is 3. The molecular formula is C18H19N5O3. The number of hydrogen-bond donors (Lipinski definition) is 4. The number of pyridine rings is 1. The van der Waals surface area contributed by atoms with Crippen molar-refractivity contribution in [2.24, 2.45) is 0 Å². The van der Waals surface area contributed by atoms with Crippen molar-refractivity contribution in [3.63, 3.8) is 0 Å². The fourth-order valence-electron chi connectivity index (χ4n) is 2.50. The lowest BCUT2D eigenvalue weighted by Gasteiger charge is -2.09. The minimum atomic E-state index is -0.362. The van der Waals surface area contributed by atoms with Crippen LogP contribution in [0.5, 0.6) is 0 Å². The molecule has 0 saturated carbocycles. The van der Waals surface area contributed by atoms with Gasteiger partial charge in [0.1, 0.15) is 5.82 Å². The van der Waals surface area contributed by atoms with E-state index in [1.165, 1.54) is 0 Å². The molecule has 1 aromatic carbocycles. The number of nitrogens with zero attached hydrogens (tertiary/aromatic N) is 1. The summed E-state index contributed by atoms with van der Waals surface area (Å²) in [6.45, 7) is 3.86. The number of H-pyrrole nitrogens is 2. The number of nitrogens with one attached hydrogen (secondary N) is 4. The van der Waals surface area contributed by atoms with E-state index >= 15 is 0 Å². The number of hydrogen-bond acceptors (Lipinski definition) is 4. The molecular weight excluding hydrogens is 334 g/mol. The molecule has 3 aromatic rings. The van der Waals surface area contributed by atoms with E-state index in [4.69, 9.17) is 0 Å². The minimum absolute atomic E-state index is 0.0278. The minimum Gasteiger partial charge on any atom is -0.326 e. The molecule has 2 heterocycles. The van der Waals surface area contributed by atoms with Gasteiger partial charge < -0.3 is 15.6 Å². The fourth-order valence-corrected chi connectivity index (χ4v) is 2.50. The molecule has 3 rings (SSSR count). The maximum Gasteiger partial charge on any atom is 0.325 e. The normalized spacial score (nSPS) is 10.7. The van der Waals surface area contributed by atoms with Gasteiger partial charge in [-0.3, -0.25) is 14.6 Å². The molecule has 2 amide bonds. The first-order valence-electron chi connectivity index (χ1n) is 8.17. The van der Waals surface area contributed by atoms with Crippen LogP contribution in [-0.2, 0) is 9.59 Å². The Morgan fingerprint density at radius 3 is 2.50 bits per heavy atom. The van der Waals surface area contributed by atoms with Crippen LogP contribution in [0.2, 0.25) is 0 Å². The third kappa shape index (κ3) is 4.15. The van der Waals surface area contributed by atoms with E-state index in [-0.39, 0.29) is 30.3 Å². The molecule has 0 aliphatic rings. The lowest BCUT2D eigenvalue weighted by atomic mass is 10.1. The predicted molar refractivity (Wildman–Crippen MR) is 99.1 cm³/mol. The van der Waals surface area contributed by atoms with Crippen molar-refractivity contribution in [1.29, 1.82) is 0 Å². The zero-order valence-electron chi connectivity index (χ0n) is 14.5. The van der Waals surface area contributed by atoms with E-state index in [2.05, 4.69) is 25.6 Å². The lowest BCUT2D eigenvalue weighted by molar-refractivity contribution is -0.121. The number of carbonyl (C=O) groups is 2. The molecule has 0 radical (unpaired) electrons. The van der Waals surface area contributed by atoms with Crippen LogP contribution in [0.3, 0.4) is 0 Å². The zero-order valence-corrected chi connectivity index (χ0v) is 14.5. The van der Waals surface area contributed by atoms with Gasteiger partial charge in [0.25, 0.3) is 0 Å². The van der Waals surface area contributed by atoms with Crippen molar-refractivity contribution < 1.29 is 9.59 Å². The molecule has 0 aliphatic heterocycles. The largest absolute Gasteiger partial charge is 0.326 e. The molecule has 0 aliphatic carbocycles. The Bertz CT molecular complexity index is 1030. The molecule has 0 spiro atoms. The first kappa shape index (κ1) is 17.4. The SMILES string of the molecule is Cc1ccc(C)c(NC(=O)CCC(=O)Nc2ccc3[nH]c(=O)[nH]c3n2)c1. The van der Waals surface area contributed by atoms with Crippen LogP contribution in [0.4, 0.5) is 11.5 Å². The van der Waals surface area contributed by atoms with Gasteiger partial charge in [-0.1, -0.05) is 12.1 Å². The molecule has 8 heteroatoms. The number of aromatic amines is 2. The van der Waals surface area contributed by atoms with Gasteiger partial charge in [-0.2, -0.15) is 0 Å². The highest BCUT2D eigenvalue weighted by Gasteiger charge is 2.10. The van der Waals surface area contributed by atoms with Gasteiger partial charge in [0, 0.05) is 18.5 Å². The van der Waals surface area contributed by atoms with Gasteiger partial charge in [0.05, 0.1) is 5.52 Å². The Labute approximate surface area is 149 Å². The first-order chi connectivity index (χ1) is 12.4. The average molecular weight is 353 g/mol. The van der Waals surface area contributed by atoms with E-state index in [9.17, 15) is 14.4 Å². The topological polar surface area (TPSA) is 120 Å². The fraction of sp³-hybridized carbons (Fsp3) is 0.222. The summed E-state index contributed by atoms with van der Waals surface area (Å²) >= 11 is 0. The standard InChI is InChI=1S/C18H19N5O3/c1-10-3-4-11(2)13(9-10)19-15(24)7-8-16(25)21-14-6-5-12-17(22-14)23-18(26)20-12/h3-6,9H,7-8H2,1-2H3,(H,19,24)(H3,20,21,22,23,25,26). The van der Waals surface area contributed by atoms with Crippen LogP contribution in [-0.4, -0.2) is 26.8 Å². The molecule has 0 atom stereocenters. The highest BCUT2D eigenvalue weighted by atomic mass is 16.2. The average Bonchev–Trinajstić information content (AvgIpc) is 2.95. The van der Waals surface area contributed by atoms with Gasteiger partial charge in [-0.05, 0) is 43.2 Å². The van der Waals surface area contributed by atoms with Gasteiger partial charge in [-0.15, -0.1) is 0 Å². The number of fused-ring (bicyclic) bond motifs is 1. The second kappa shape index (κ2) is 7.22. The molecule has 2 aromatic heterocycles. The third-order valence-electron chi connectivity index (χ3n) is 3.89. The molecule has 0 unspecified atom stereocenters. The number of benzene rings is 1. The summed E-state index contributed by atoms with van der Waals surface area (Å²) in [6.07, 6.45) is 0.0858. The Kier molecular flexibility index (Phi) is 4.83. The van der Waals surface area contributed by atoms with Gasteiger partial charge in [0.2, 0.25) is 11.8 Å². The summed E-state index contributed by atoms with van der Waals surface area (Å²) in [4.78, 5) is 44.5. The second-order valence-corrected chi connectivity index (χ2v) is 6.09. The summed E-state index contributed by atoms with van der Waals surface area (Å²) in [7, 11) is 0. The van der Waals surface area contributed by atoms with Gasteiger partial charge in [0.15, 0.2) is 5.65 Å². The van der Waals surface area contributed by atoms with Crippen molar-refractivity contribution in [2.45, 2.75) is 26.7 Å². The van der Waals surface area contributed by atoms with Crippen molar-refractivity contribution in [3.05, 3.63) is 51.9 Å². The maximum atomic E-state index is 12.1. The van der Waals surface area contributed by atoms with Gasteiger partial charge in [-0.25, -0.2) is 9.78 Å². The molecule has 8 nitrogen and oxygen atoms in total. The highest BCUT2D eigenvalue weighted by Crippen LogP contribution is 2.17. The molecule has 0 bridgehead atoms. The molecule has 0 saturated heterocycles. The quantitative estimate of drug-likeness (QED) is 0.562. The maximum absolute atomic E-state index is 12.1. The third-order valence-corrected chi connectivity index (χ3v) is 3.89. The number of anilines is 2. The molecule has 0 fully saturated rings. The number of amides is 2. The van der Waals surface area contributed by atoms with Crippen molar-refractivity contribution in [1.82, 2.24) is 15.0 Å². The van der Waals surface area contributed by atoms with E-state index in [0.717, 1.165) is 16.8 Å². The van der Waals surface area contributed by atoms with Crippen LogP contribution in [0.1, 0.15) is 24.0 Å². The van der Waals surface area contributed by atoms with E-state index in [1.54, 1.807) is 12.1 Å². The van der Waals surface area contributed by atoms with Crippen LogP contribution in [0.15, 0.2) is 35.1 Å². The second-order valence-electron chi connectivity index (χ2n) is 6.09. The Hall–Kier alpha value is -3.42. The molecule has 26 heavy (non-hydrogen) atoms. The lowest BCUT2D eigenvalue weighted by Crippen LogP contribution is -2.18. The Morgan fingerprint density at radius 2 is 1.73 bits per heavy atom. The van der Waals surface area contributed by atoms with E-state index in [1.807, 2.05) is 32.0 Å². The number of carbonyl (C=O) groups excluding carboxylic acids is 2. The zero-order chi connectivity index (χ0) is 18.7. The summed E-state index contributed by atoms with van der Waals surface area (Å²) in [6, 6.07) is 9.03. The van der Waals surface area contributed by atoms with Crippen LogP contribution in [0.25, 0.3) is 11.2 Å². The van der Waals surface area contributed by atoms with E-state index < -0.39 is 0 Å². The Balaban J connectivity index is 1.55.